The number of anilines is 1. The second kappa shape index (κ2) is 11.7. The van der Waals surface area contributed by atoms with Crippen LogP contribution in [-0.4, -0.2) is 84.4 Å². The van der Waals surface area contributed by atoms with Gasteiger partial charge in [0, 0.05) is 25.3 Å². The van der Waals surface area contributed by atoms with Gasteiger partial charge in [-0.1, -0.05) is 26.0 Å². The van der Waals surface area contributed by atoms with E-state index in [4.69, 9.17) is 19.6 Å². The summed E-state index contributed by atoms with van der Waals surface area (Å²) in [7, 11) is 0. The molecule has 0 radical (unpaired) electrons. The van der Waals surface area contributed by atoms with Crippen molar-refractivity contribution < 1.29 is 27.4 Å². The van der Waals surface area contributed by atoms with Crippen LogP contribution in [0.1, 0.15) is 61.8 Å². The van der Waals surface area contributed by atoms with E-state index in [1.54, 1.807) is 17.7 Å². The zero-order chi connectivity index (χ0) is 28.4. The molecule has 1 aromatic carbocycles. The van der Waals surface area contributed by atoms with Gasteiger partial charge in [0.1, 0.15) is 0 Å². The van der Waals surface area contributed by atoms with Crippen molar-refractivity contribution >= 4 is 22.7 Å². The lowest BCUT2D eigenvalue weighted by Gasteiger charge is -2.33. The summed E-state index contributed by atoms with van der Waals surface area (Å²) in [6.07, 6.45) is -2.98. The fraction of sp³-hybridized carbons (Fsp3) is 0.552. The lowest BCUT2D eigenvalue weighted by atomic mass is 9.97. The van der Waals surface area contributed by atoms with Crippen LogP contribution in [0.3, 0.4) is 0 Å². The van der Waals surface area contributed by atoms with E-state index in [2.05, 4.69) is 17.0 Å². The van der Waals surface area contributed by atoms with Crippen molar-refractivity contribution in [2.45, 2.75) is 51.7 Å². The van der Waals surface area contributed by atoms with Crippen molar-refractivity contribution in [3.8, 4) is 11.1 Å². The Balaban J connectivity index is 1.61. The number of ether oxygens (including phenoxy) is 2. The largest absolute Gasteiger partial charge is 0.461 e. The first-order valence-corrected chi connectivity index (χ1v) is 14.0. The molecule has 2 saturated heterocycles. The van der Waals surface area contributed by atoms with Crippen LogP contribution in [0, 0.1) is 0 Å². The minimum atomic E-state index is -4.27. The monoisotopic (exact) mass is 559 g/mol. The van der Waals surface area contributed by atoms with Gasteiger partial charge in [0.25, 0.3) is 0 Å². The van der Waals surface area contributed by atoms with Gasteiger partial charge >= 0.3 is 12.1 Å². The van der Waals surface area contributed by atoms with Crippen LogP contribution in [0.5, 0.6) is 0 Å². The first-order chi connectivity index (χ1) is 19.1. The molecule has 0 saturated carbocycles. The first kappa shape index (κ1) is 28.4. The van der Waals surface area contributed by atoms with Gasteiger partial charge in [-0.05, 0) is 61.6 Å². The summed E-state index contributed by atoms with van der Waals surface area (Å²) < 4.78 is 52.1. The Bertz CT molecular complexity index is 1330. The first-order valence-electron chi connectivity index (χ1n) is 14.0. The Morgan fingerprint density at radius 1 is 1.15 bits per heavy atom. The Morgan fingerprint density at radius 3 is 2.52 bits per heavy atom. The predicted molar refractivity (Wildman–Crippen MR) is 147 cm³/mol. The quantitative estimate of drug-likeness (QED) is 0.357. The van der Waals surface area contributed by atoms with Crippen molar-refractivity contribution in [3.63, 3.8) is 0 Å². The minimum Gasteiger partial charge on any atom is -0.461 e. The molecule has 2 fully saturated rings. The van der Waals surface area contributed by atoms with Gasteiger partial charge in [-0.2, -0.15) is 18.3 Å². The molecule has 216 valence electrons. The minimum absolute atomic E-state index is 0.0280. The molecule has 5 rings (SSSR count). The van der Waals surface area contributed by atoms with Gasteiger partial charge in [0.2, 0.25) is 0 Å². The smallest absolute Gasteiger partial charge is 0.401 e. The number of aromatic nitrogens is 3. The van der Waals surface area contributed by atoms with E-state index in [0.29, 0.717) is 38.2 Å². The van der Waals surface area contributed by atoms with Gasteiger partial charge in [-0.15, -0.1) is 0 Å². The van der Waals surface area contributed by atoms with Gasteiger partial charge in [0.15, 0.2) is 11.3 Å². The van der Waals surface area contributed by atoms with E-state index in [1.807, 2.05) is 26.0 Å². The van der Waals surface area contributed by atoms with E-state index in [0.717, 1.165) is 41.0 Å². The third kappa shape index (κ3) is 6.10. The number of hydrogen-bond donors (Lipinski definition) is 0. The molecule has 2 aliphatic heterocycles. The van der Waals surface area contributed by atoms with Crippen LogP contribution in [0.15, 0.2) is 30.3 Å². The number of benzene rings is 1. The van der Waals surface area contributed by atoms with Crippen molar-refractivity contribution in [2.24, 2.45) is 0 Å². The van der Waals surface area contributed by atoms with Crippen molar-refractivity contribution in [1.82, 2.24) is 19.7 Å². The summed E-state index contributed by atoms with van der Waals surface area (Å²) in [6.45, 7) is 8.67. The highest BCUT2D eigenvalue weighted by Gasteiger charge is 2.35. The second-order valence-corrected chi connectivity index (χ2v) is 10.8. The molecule has 2 aliphatic rings. The number of nitrogens with zero attached hydrogens (tertiary/aromatic N) is 5. The number of hydrogen-bond acceptors (Lipinski definition) is 7. The number of esters is 1. The van der Waals surface area contributed by atoms with Crippen LogP contribution >= 0.6 is 0 Å². The molecule has 0 N–H and O–H groups in total. The maximum atomic E-state index is 13.2. The van der Waals surface area contributed by atoms with Gasteiger partial charge in [0.05, 0.1) is 43.5 Å². The normalized spacial score (nSPS) is 19.0. The summed E-state index contributed by atoms with van der Waals surface area (Å²) in [5, 5.41) is 5.75. The number of carbonyl (C=O) groups excluding carboxylic acids is 1. The number of alkyl halides is 3. The molecular formula is C29H36F3N5O3. The average Bonchev–Trinajstić information content (AvgIpc) is 3.33. The van der Waals surface area contributed by atoms with Crippen molar-refractivity contribution in [2.75, 3.05) is 57.4 Å². The number of fused-ring (bicyclic) bond motifs is 1. The molecule has 8 nitrogen and oxygen atoms in total. The van der Waals surface area contributed by atoms with E-state index in [-0.39, 0.29) is 30.8 Å². The standard InChI is InChI=1S/C29H36F3N5O3/c1-4-40-28(38)24-16-23(20-7-9-21(10-8-20)36-12-14-39-15-13-36)25-26(19(2)3)34-37(27(25)33-24)22-6-5-11-35(17-22)18-29(30,31)32/h7-10,16,19,22H,4-6,11-15,17-18H2,1-3H3. The summed E-state index contributed by atoms with van der Waals surface area (Å²) in [4.78, 5) is 21.3. The number of carbonyl (C=O) groups is 1. The van der Waals surface area contributed by atoms with Gasteiger partial charge in [-0.3, -0.25) is 4.90 Å². The maximum Gasteiger partial charge on any atom is 0.401 e. The Hall–Kier alpha value is -3.18. The summed E-state index contributed by atoms with van der Waals surface area (Å²) >= 11 is 0. The molecule has 3 aromatic rings. The zero-order valence-electron chi connectivity index (χ0n) is 23.2. The van der Waals surface area contributed by atoms with Crippen LogP contribution in [0.2, 0.25) is 0 Å². The van der Waals surface area contributed by atoms with E-state index in [9.17, 15) is 18.0 Å². The van der Waals surface area contributed by atoms with E-state index < -0.39 is 18.7 Å². The molecule has 11 heteroatoms. The predicted octanol–water partition coefficient (Wildman–Crippen LogP) is 5.43. The fourth-order valence-electron chi connectivity index (χ4n) is 5.66. The van der Waals surface area contributed by atoms with Crippen molar-refractivity contribution in [1.29, 1.82) is 0 Å². The lowest BCUT2D eigenvalue weighted by Crippen LogP contribution is -2.42. The van der Waals surface area contributed by atoms with Crippen LogP contribution in [-0.2, 0) is 9.47 Å². The number of piperidine rings is 1. The zero-order valence-corrected chi connectivity index (χ0v) is 23.2. The van der Waals surface area contributed by atoms with E-state index >= 15 is 0 Å². The molecule has 1 unspecified atom stereocenters. The van der Waals surface area contributed by atoms with Gasteiger partial charge < -0.3 is 14.4 Å². The average molecular weight is 560 g/mol. The van der Waals surface area contributed by atoms with Crippen molar-refractivity contribution in [3.05, 3.63) is 41.7 Å². The molecule has 1 atom stereocenters. The fourth-order valence-corrected chi connectivity index (χ4v) is 5.66. The SMILES string of the molecule is CCOC(=O)c1cc(-c2ccc(N3CCOCC3)cc2)c2c(C(C)C)nn(C3CCCN(CC(F)(F)F)C3)c2n1. The third-order valence-electron chi connectivity index (χ3n) is 7.50. The Kier molecular flexibility index (Phi) is 8.32. The highest BCUT2D eigenvalue weighted by molar-refractivity contribution is 6.00. The summed E-state index contributed by atoms with van der Waals surface area (Å²) in [5.74, 6) is -0.517. The van der Waals surface area contributed by atoms with Gasteiger partial charge in [-0.25, -0.2) is 14.5 Å². The molecule has 2 aromatic heterocycles. The lowest BCUT2D eigenvalue weighted by molar-refractivity contribution is -0.149. The molecule has 0 bridgehead atoms. The molecule has 40 heavy (non-hydrogen) atoms. The Morgan fingerprint density at radius 2 is 1.88 bits per heavy atom. The molecule has 0 aliphatic carbocycles. The highest BCUT2D eigenvalue weighted by Crippen LogP contribution is 2.37. The van der Waals surface area contributed by atoms with Crippen LogP contribution in [0.4, 0.5) is 18.9 Å². The van der Waals surface area contributed by atoms with Crippen LogP contribution < -0.4 is 4.90 Å². The maximum absolute atomic E-state index is 13.2. The molecule has 0 spiro atoms. The second-order valence-electron chi connectivity index (χ2n) is 10.8. The number of morpholine rings is 1. The topological polar surface area (TPSA) is 72.7 Å². The Labute approximate surface area is 232 Å². The molecule has 0 amide bonds. The third-order valence-corrected chi connectivity index (χ3v) is 7.50. The summed E-state index contributed by atoms with van der Waals surface area (Å²) in [5.41, 5.74) is 4.26. The molecule has 4 heterocycles. The number of likely N-dealkylation sites (tertiary alicyclic amines) is 1. The highest BCUT2D eigenvalue weighted by atomic mass is 19.4. The number of halogens is 3. The number of pyridine rings is 1. The van der Waals surface area contributed by atoms with Crippen LogP contribution in [0.25, 0.3) is 22.2 Å². The summed E-state index contributed by atoms with van der Waals surface area (Å²) in [6, 6.07) is 9.63. The number of rotatable bonds is 7. The molecular weight excluding hydrogens is 523 g/mol. The van der Waals surface area contributed by atoms with E-state index in [1.165, 1.54) is 4.90 Å².